The van der Waals surface area contributed by atoms with Crippen LogP contribution in [0.3, 0.4) is 0 Å². The average Bonchev–Trinajstić information content (AvgIpc) is 2.65. The Labute approximate surface area is 159 Å². The molecule has 1 aliphatic heterocycles. The van der Waals surface area contributed by atoms with Gasteiger partial charge in [0.2, 0.25) is 5.91 Å². The van der Waals surface area contributed by atoms with Gasteiger partial charge < -0.3 is 14.7 Å². The Morgan fingerprint density at radius 3 is 2.74 bits per heavy atom. The molecule has 3 rings (SSSR count). The first-order chi connectivity index (χ1) is 12.9. The molecule has 1 N–H and O–H groups in total. The van der Waals surface area contributed by atoms with Gasteiger partial charge in [0.25, 0.3) is 0 Å². The van der Waals surface area contributed by atoms with E-state index in [1.54, 1.807) is 23.1 Å². The van der Waals surface area contributed by atoms with Crippen molar-refractivity contribution in [1.29, 1.82) is 0 Å². The molecule has 0 aromatic heterocycles. The van der Waals surface area contributed by atoms with Gasteiger partial charge in [-0.3, -0.25) is 4.79 Å². The first-order valence-corrected chi connectivity index (χ1v) is 9.30. The third-order valence-electron chi connectivity index (χ3n) is 5.19. The number of hydrogen-bond acceptors (Lipinski definition) is 3. The van der Waals surface area contributed by atoms with Gasteiger partial charge in [-0.05, 0) is 61.6 Å². The zero-order chi connectivity index (χ0) is 19.4. The molecule has 1 aliphatic rings. The van der Waals surface area contributed by atoms with Crippen LogP contribution in [0.2, 0.25) is 0 Å². The fourth-order valence-electron chi connectivity index (χ4n) is 3.38. The number of likely N-dealkylation sites (tertiary alicyclic amines) is 1. The summed E-state index contributed by atoms with van der Waals surface area (Å²) in [5.41, 5.74) is 1.60. The summed E-state index contributed by atoms with van der Waals surface area (Å²) in [5.74, 6) is 0.155. The zero-order valence-corrected chi connectivity index (χ0v) is 15.9. The minimum Gasteiger partial charge on any atom is -0.491 e. The number of rotatable bonds is 5. The lowest BCUT2D eigenvalue weighted by Gasteiger charge is -2.39. The Morgan fingerprint density at radius 2 is 2.00 bits per heavy atom. The van der Waals surface area contributed by atoms with Gasteiger partial charge in [-0.25, -0.2) is 4.39 Å². The number of piperidine rings is 1. The Balaban J connectivity index is 1.61. The predicted molar refractivity (Wildman–Crippen MR) is 102 cm³/mol. The predicted octanol–water partition coefficient (Wildman–Crippen LogP) is 3.42. The summed E-state index contributed by atoms with van der Waals surface area (Å²) < 4.78 is 19.6. The Hall–Kier alpha value is -2.40. The van der Waals surface area contributed by atoms with Crippen LogP contribution in [0.25, 0.3) is 0 Å². The normalized spacial score (nSPS) is 19.8. The van der Waals surface area contributed by atoms with E-state index >= 15 is 0 Å². The largest absolute Gasteiger partial charge is 0.491 e. The number of aryl methyl sites for hydroxylation is 2. The molecular formula is C22H26FNO3. The van der Waals surface area contributed by atoms with E-state index in [-0.39, 0.29) is 31.3 Å². The van der Waals surface area contributed by atoms with Gasteiger partial charge in [-0.15, -0.1) is 0 Å². The molecule has 0 radical (unpaired) electrons. The lowest BCUT2D eigenvalue weighted by molar-refractivity contribution is -0.139. The van der Waals surface area contributed by atoms with E-state index in [2.05, 4.69) is 0 Å². The highest BCUT2D eigenvalue weighted by Crippen LogP contribution is 2.24. The molecule has 0 saturated carbocycles. The molecule has 4 nitrogen and oxygen atoms in total. The van der Waals surface area contributed by atoms with E-state index < -0.39 is 5.60 Å². The molecule has 27 heavy (non-hydrogen) atoms. The quantitative estimate of drug-likeness (QED) is 0.876. The van der Waals surface area contributed by atoms with Crippen molar-refractivity contribution < 1.29 is 19.0 Å². The third-order valence-corrected chi connectivity index (χ3v) is 5.19. The van der Waals surface area contributed by atoms with Gasteiger partial charge in [-0.1, -0.05) is 24.3 Å². The minimum absolute atomic E-state index is 0.000761. The van der Waals surface area contributed by atoms with Crippen LogP contribution in [0.1, 0.15) is 29.5 Å². The maximum Gasteiger partial charge on any atom is 0.227 e. The van der Waals surface area contributed by atoms with Crippen molar-refractivity contribution in [2.24, 2.45) is 0 Å². The average molecular weight is 371 g/mol. The second-order valence-electron chi connectivity index (χ2n) is 7.45. The van der Waals surface area contributed by atoms with Gasteiger partial charge in [-0.2, -0.15) is 0 Å². The van der Waals surface area contributed by atoms with Crippen LogP contribution in [0.5, 0.6) is 5.75 Å². The van der Waals surface area contributed by atoms with Gasteiger partial charge >= 0.3 is 0 Å². The number of carbonyl (C=O) groups excluding carboxylic acids is 1. The number of carbonyl (C=O) groups is 1. The molecule has 144 valence electrons. The first kappa shape index (κ1) is 19.4. The summed E-state index contributed by atoms with van der Waals surface area (Å²) in [6.07, 6.45) is 1.26. The molecule has 0 bridgehead atoms. The van der Waals surface area contributed by atoms with Crippen molar-refractivity contribution in [2.75, 3.05) is 19.7 Å². The van der Waals surface area contributed by atoms with Crippen molar-refractivity contribution in [2.45, 2.75) is 38.7 Å². The summed E-state index contributed by atoms with van der Waals surface area (Å²) in [4.78, 5) is 14.2. The van der Waals surface area contributed by atoms with Crippen molar-refractivity contribution in [3.63, 3.8) is 0 Å². The van der Waals surface area contributed by atoms with E-state index in [1.807, 2.05) is 32.0 Å². The van der Waals surface area contributed by atoms with Gasteiger partial charge in [0.05, 0.1) is 13.0 Å². The van der Waals surface area contributed by atoms with Gasteiger partial charge in [0.1, 0.15) is 23.8 Å². The van der Waals surface area contributed by atoms with Crippen LogP contribution in [-0.2, 0) is 11.2 Å². The summed E-state index contributed by atoms with van der Waals surface area (Å²) in [6.45, 7) is 4.94. The lowest BCUT2D eigenvalue weighted by Crippen LogP contribution is -2.53. The molecule has 1 saturated heterocycles. The highest BCUT2D eigenvalue weighted by atomic mass is 19.1. The third kappa shape index (κ3) is 4.86. The number of ether oxygens (including phenoxy) is 1. The number of nitrogens with zero attached hydrogens (tertiary/aromatic N) is 1. The van der Waals surface area contributed by atoms with Crippen LogP contribution in [0.15, 0.2) is 42.5 Å². The minimum atomic E-state index is -1.10. The zero-order valence-electron chi connectivity index (χ0n) is 15.9. The maximum atomic E-state index is 13.8. The standard InChI is InChI=1S/C22H26FNO3/c1-16-8-9-19(12-17(16)2)27-15-22(26)10-5-11-24(14-22)21(25)13-18-6-3-4-7-20(18)23/h3-4,6-9,12,26H,5,10-11,13-15H2,1-2H3. The molecule has 1 amide bonds. The number of β-amino-alcohol motifs (C(OH)–C–C–N with tert-alkyl or cyclic N) is 1. The van der Waals surface area contributed by atoms with E-state index in [9.17, 15) is 14.3 Å². The summed E-state index contributed by atoms with van der Waals surface area (Å²) in [5, 5.41) is 10.9. The maximum absolute atomic E-state index is 13.8. The monoisotopic (exact) mass is 371 g/mol. The molecule has 1 fully saturated rings. The van der Waals surface area contributed by atoms with E-state index in [1.165, 1.54) is 11.6 Å². The van der Waals surface area contributed by atoms with E-state index in [0.29, 0.717) is 30.7 Å². The molecule has 1 unspecified atom stereocenters. The molecule has 5 heteroatoms. The van der Waals surface area contributed by atoms with Crippen LogP contribution in [0.4, 0.5) is 4.39 Å². The first-order valence-electron chi connectivity index (χ1n) is 9.30. The van der Waals surface area contributed by atoms with Crippen molar-refractivity contribution in [1.82, 2.24) is 4.90 Å². The molecule has 2 aromatic rings. The summed E-state index contributed by atoms with van der Waals surface area (Å²) in [6, 6.07) is 12.1. The van der Waals surface area contributed by atoms with Crippen LogP contribution in [-0.4, -0.2) is 41.2 Å². The lowest BCUT2D eigenvalue weighted by atomic mass is 9.93. The van der Waals surface area contributed by atoms with E-state index in [0.717, 1.165) is 5.56 Å². The second kappa shape index (κ2) is 8.09. The van der Waals surface area contributed by atoms with Gasteiger partial charge in [0.15, 0.2) is 0 Å². The van der Waals surface area contributed by atoms with Gasteiger partial charge in [0, 0.05) is 6.54 Å². The fraction of sp³-hybridized carbons (Fsp3) is 0.409. The van der Waals surface area contributed by atoms with Crippen molar-refractivity contribution in [3.8, 4) is 5.75 Å². The van der Waals surface area contributed by atoms with Crippen molar-refractivity contribution >= 4 is 5.91 Å². The van der Waals surface area contributed by atoms with Crippen LogP contribution >= 0.6 is 0 Å². The SMILES string of the molecule is Cc1ccc(OCC2(O)CCCN(C(=O)Cc3ccccc3F)C2)cc1C. The molecular weight excluding hydrogens is 345 g/mol. The molecule has 2 aromatic carbocycles. The highest BCUT2D eigenvalue weighted by molar-refractivity contribution is 5.79. The second-order valence-corrected chi connectivity index (χ2v) is 7.45. The number of amides is 1. The Morgan fingerprint density at radius 1 is 1.22 bits per heavy atom. The molecule has 1 atom stereocenters. The number of benzene rings is 2. The number of halogens is 1. The smallest absolute Gasteiger partial charge is 0.227 e. The number of aliphatic hydroxyl groups is 1. The Bertz CT molecular complexity index is 823. The number of hydrogen-bond donors (Lipinski definition) is 1. The Kier molecular flexibility index (Phi) is 5.80. The molecule has 0 aliphatic carbocycles. The van der Waals surface area contributed by atoms with Crippen LogP contribution < -0.4 is 4.74 Å². The topological polar surface area (TPSA) is 49.8 Å². The van der Waals surface area contributed by atoms with Crippen LogP contribution in [0, 0.1) is 19.7 Å². The molecule has 1 heterocycles. The fourth-order valence-corrected chi connectivity index (χ4v) is 3.38. The van der Waals surface area contributed by atoms with Crippen molar-refractivity contribution in [3.05, 3.63) is 65.0 Å². The summed E-state index contributed by atoms with van der Waals surface area (Å²) >= 11 is 0. The van der Waals surface area contributed by atoms with E-state index in [4.69, 9.17) is 4.74 Å². The molecule has 0 spiro atoms. The summed E-state index contributed by atoms with van der Waals surface area (Å²) in [7, 11) is 0. The highest BCUT2D eigenvalue weighted by Gasteiger charge is 2.36.